The van der Waals surface area contributed by atoms with Crippen LogP contribution < -0.4 is 0 Å². The third-order valence-electron chi connectivity index (χ3n) is 8.89. The molecule has 47 heavy (non-hydrogen) atoms. The fourth-order valence-corrected chi connectivity index (χ4v) is 8.08. The summed E-state index contributed by atoms with van der Waals surface area (Å²) < 4.78 is 11.3. The molecule has 0 atom stereocenters. The Bertz CT molecular complexity index is 2910. The summed E-state index contributed by atoms with van der Waals surface area (Å²) in [5, 5.41) is 16.1. The summed E-state index contributed by atoms with van der Waals surface area (Å²) in [6.07, 6.45) is 0. The molecule has 0 aliphatic rings. The lowest BCUT2D eigenvalue weighted by molar-refractivity contribution is 0.673. The molecule has 0 saturated heterocycles. The lowest BCUT2D eigenvalue weighted by Gasteiger charge is -2.11. The molecule has 0 spiro atoms. The first-order valence-corrected chi connectivity index (χ1v) is 16.1. The van der Waals surface area contributed by atoms with E-state index in [1.165, 1.54) is 15.5 Å². The highest BCUT2D eigenvalue weighted by molar-refractivity contribution is 7.27. The molecule has 10 rings (SSSR count). The monoisotopic (exact) mass is 619 g/mol. The Hall–Kier alpha value is -6.36. The van der Waals surface area contributed by atoms with E-state index in [4.69, 9.17) is 19.4 Å². The summed E-state index contributed by atoms with van der Waals surface area (Å²) in [5.74, 6) is 1.61. The van der Waals surface area contributed by atoms with Crippen molar-refractivity contribution in [3.63, 3.8) is 0 Å². The Morgan fingerprint density at radius 1 is 0.596 bits per heavy atom. The average Bonchev–Trinajstić information content (AvgIpc) is 3.81. The van der Waals surface area contributed by atoms with E-state index >= 15 is 0 Å². The molecule has 6 nitrogen and oxygen atoms in total. The maximum atomic E-state index is 9.42. The van der Waals surface area contributed by atoms with Gasteiger partial charge in [-0.1, -0.05) is 84.9 Å². The minimum Gasteiger partial charge on any atom is -0.455 e. The Balaban J connectivity index is 1.41. The molecule has 0 radical (unpaired) electrons. The summed E-state index contributed by atoms with van der Waals surface area (Å²) in [5.41, 5.74) is 5.97. The zero-order valence-corrected chi connectivity index (χ0v) is 25.5. The SMILES string of the molecule is N#Cc1ccc(-c2nc(-c3ccccc3)nc(-n3c4ccccc4c4c5oc6ccccc6c5c5c6ccccc6sc5c43)n2)cc1. The third-order valence-corrected chi connectivity index (χ3v) is 10.1. The summed E-state index contributed by atoms with van der Waals surface area (Å²) in [7, 11) is 0. The van der Waals surface area contributed by atoms with Crippen LogP contribution in [0.2, 0.25) is 0 Å². The van der Waals surface area contributed by atoms with Gasteiger partial charge in [-0.3, -0.25) is 4.57 Å². The van der Waals surface area contributed by atoms with Crippen LogP contribution in [0.3, 0.4) is 0 Å². The first-order chi connectivity index (χ1) is 23.3. The topological polar surface area (TPSA) is 80.5 Å². The molecule has 0 aliphatic heterocycles. The van der Waals surface area contributed by atoms with Crippen molar-refractivity contribution in [1.82, 2.24) is 19.5 Å². The van der Waals surface area contributed by atoms with Crippen LogP contribution in [0.4, 0.5) is 0 Å². The minimum atomic E-state index is 0.513. The van der Waals surface area contributed by atoms with E-state index in [2.05, 4.69) is 71.3 Å². The van der Waals surface area contributed by atoms with E-state index in [0.29, 0.717) is 23.2 Å². The smallest absolute Gasteiger partial charge is 0.238 e. The average molecular weight is 620 g/mol. The maximum Gasteiger partial charge on any atom is 0.238 e. The molecule has 218 valence electrons. The molecular formula is C40H21N5OS. The summed E-state index contributed by atoms with van der Waals surface area (Å²) >= 11 is 1.78. The number of nitriles is 1. The van der Waals surface area contributed by atoms with Gasteiger partial charge in [-0.15, -0.1) is 11.3 Å². The Morgan fingerprint density at radius 3 is 2.04 bits per heavy atom. The molecule has 0 aliphatic carbocycles. The van der Waals surface area contributed by atoms with Gasteiger partial charge in [-0.2, -0.15) is 15.2 Å². The molecule has 0 N–H and O–H groups in total. The van der Waals surface area contributed by atoms with Crippen molar-refractivity contribution in [2.45, 2.75) is 0 Å². The van der Waals surface area contributed by atoms with Gasteiger partial charge in [0.2, 0.25) is 5.95 Å². The van der Waals surface area contributed by atoms with E-state index < -0.39 is 0 Å². The standard InChI is InChI=1S/C40H21N5OS/c41-22-23-18-20-25(21-19-23)39-42-38(24-10-2-1-3-11-24)43-40(44-39)45-29-15-7-4-12-26(29)34-35(45)37-33(28-14-6-9-17-31(28)47-37)32-27-13-5-8-16-30(27)46-36(32)34/h1-21H. The molecular weight excluding hydrogens is 599 g/mol. The molecule has 4 heterocycles. The van der Waals surface area contributed by atoms with E-state index in [0.717, 1.165) is 59.6 Å². The molecule has 0 amide bonds. The van der Waals surface area contributed by atoms with Crippen LogP contribution in [0.5, 0.6) is 0 Å². The zero-order chi connectivity index (χ0) is 31.1. The molecule has 0 bridgehead atoms. The van der Waals surface area contributed by atoms with Crippen molar-refractivity contribution in [3.05, 3.63) is 133 Å². The van der Waals surface area contributed by atoms with Gasteiger partial charge in [-0.05, 0) is 42.5 Å². The summed E-state index contributed by atoms with van der Waals surface area (Å²) in [6.45, 7) is 0. The highest BCUT2D eigenvalue weighted by atomic mass is 32.1. The Labute approximate surface area is 271 Å². The lowest BCUT2D eigenvalue weighted by atomic mass is 10.0. The number of thiophene rings is 1. The largest absolute Gasteiger partial charge is 0.455 e. The number of para-hydroxylation sites is 2. The first kappa shape index (κ1) is 25.9. The predicted molar refractivity (Wildman–Crippen MR) is 190 cm³/mol. The number of hydrogen-bond donors (Lipinski definition) is 0. The fourth-order valence-electron chi connectivity index (χ4n) is 6.83. The van der Waals surface area contributed by atoms with Gasteiger partial charge < -0.3 is 4.42 Å². The second-order valence-electron chi connectivity index (χ2n) is 11.5. The molecule has 4 aromatic heterocycles. The second-order valence-corrected chi connectivity index (χ2v) is 12.6. The second kappa shape index (κ2) is 9.82. The first-order valence-electron chi connectivity index (χ1n) is 15.3. The highest BCUT2D eigenvalue weighted by Crippen LogP contribution is 2.50. The molecule has 6 aromatic carbocycles. The van der Waals surface area contributed by atoms with E-state index in [9.17, 15) is 5.26 Å². The van der Waals surface area contributed by atoms with Crippen LogP contribution in [0.15, 0.2) is 132 Å². The normalized spacial score (nSPS) is 11.8. The highest BCUT2D eigenvalue weighted by Gasteiger charge is 2.26. The van der Waals surface area contributed by atoms with E-state index in [1.807, 2.05) is 54.6 Å². The Morgan fingerprint density at radius 2 is 1.26 bits per heavy atom. The molecule has 0 fully saturated rings. The number of aromatic nitrogens is 4. The predicted octanol–water partition coefficient (Wildman–Crippen LogP) is 10.4. The number of rotatable bonds is 3. The van der Waals surface area contributed by atoms with Crippen molar-refractivity contribution in [1.29, 1.82) is 5.26 Å². The Kier molecular flexibility index (Phi) is 5.41. The van der Waals surface area contributed by atoms with Crippen LogP contribution in [0.25, 0.3) is 92.6 Å². The third kappa shape index (κ3) is 3.73. The van der Waals surface area contributed by atoms with Crippen LogP contribution in [-0.2, 0) is 0 Å². The number of benzene rings is 6. The van der Waals surface area contributed by atoms with Gasteiger partial charge in [0, 0.05) is 42.8 Å². The fraction of sp³-hybridized carbons (Fsp3) is 0. The van der Waals surface area contributed by atoms with Crippen molar-refractivity contribution < 1.29 is 4.42 Å². The molecule has 0 unspecified atom stereocenters. The minimum absolute atomic E-state index is 0.513. The summed E-state index contributed by atoms with van der Waals surface area (Å²) in [4.78, 5) is 15.2. The van der Waals surface area contributed by atoms with Gasteiger partial charge in [0.15, 0.2) is 11.6 Å². The van der Waals surface area contributed by atoms with Gasteiger partial charge >= 0.3 is 0 Å². The summed E-state index contributed by atoms with van der Waals surface area (Å²) in [6, 6.07) is 44.8. The zero-order valence-electron chi connectivity index (χ0n) is 24.7. The van der Waals surface area contributed by atoms with Crippen LogP contribution in [0.1, 0.15) is 5.56 Å². The van der Waals surface area contributed by atoms with Crippen molar-refractivity contribution >= 4 is 75.3 Å². The van der Waals surface area contributed by atoms with Crippen molar-refractivity contribution in [2.24, 2.45) is 0 Å². The molecule has 0 saturated carbocycles. The van der Waals surface area contributed by atoms with Gasteiger partial charge in [0.25, 0.3) is 0 Å². The van der Waals surface area contributed by atoms with Crippen molar-refractivity contribution in [3.8, 4) is 34.8 Å². The van der Waals surface area contributed by atoms with Gasteiger partial charge in [-0.25, -0.2) is 4.98 Å². The van der Waals surface area contributed by atoms with Gasteiger partial charge in [0.05, 0.1) is 32.8 Å². The lowest BCUT2D eigenvalue weighted by Crippen LogP contribution is -2.06. The maximum absolute atomic E-state index is 9.42. The number of nitrogens with zero attached hydrogens (tertiary/aromatic N) is 5. The van der Waals surface area contributed by atoms with Gasteiger partial charge in [0.1, 0.15) is 11.2 Å². The van der Waals surface area contributed by atoms with Crippen molar-refractivity contribution in [2.75, 3.05) is 0 Å². The molecule has 10 aromatic rings. The number of furan rings is 1. The molecule has 7 heteroatoms. The number of fused-ring (bicyclic) bond motifs is 12. The van der Waals surface area contributed by atoms with Crippen LogP contribution >= 0.6 is 11.3 Å². The van der Waals surface area contributed by atoms with Crippen LogP contribution in [-0.4, -0.2) is 19.5 Å². The van der Waals surface area contributed by atoms with E-state index in [-0.39, 0.29) is 0 Å². The van der Waals surface area contributed by atoms with Crippen LogP contribution in [0, 0.1) is 11.3 Å². The van der Waals surface area contributed by atoms with E-state index in [1.54, 1.807) is 23.5 Å². The number of hydrogen-bond acceptors (Lipinski definition) is 6. The quantitative estimate of drug-likeness (QED) is 0.197.